The number of nitrogens with two attached hydrogens (primary N) is 1. The van der Waals surface area contributed by atoms with E-state index in [9.17, 15) is 0 Å². The van der Waals surface area contributed by atoms with E-state index in [4.69, 9.17) is 10.5 Å². The molecular weight excluding hydrogens is 202 g/mol. The van der Waals surface area contributed by atoms with Crippen LogP contribution in [0.3, 0.4) is 0 Å². The van der Waals surface area contributed by atoms with Gasteiger partial charge in [0.2, 0.25) is 0 Å². The van der Waals surface area contributed by atoms with E-state index in [1.165, 1.54) is 0 Å². The molecule has 2 aliphatic heterocycles. The lowest BCUT2D eigenvalue weighted by Gasteiger charge is -2.37. The molecule has 0 saturated carbocycles. The molecule has 0 aromatic rings. The third-order valence-electron chi connectivity index (χ3n) is 3.67. The monoisotopic (exact) mass is 227 g/mol. The van der Waals surface area contributed by atoms with Gasteiger partial charge in [-0.25, -0.2) is 0 Å². The van der Waals surface area contributed by atoms with Gasteiger partial charge in [-0.3, -0.25) is 9.80 Å². The van der Waals surface area contributed by atoms with E-state index >= 15 is 0 Å². The fraction of sp³-hybridized carbons (Fsp3) is 1.00. The molecule has 0 spiro atoms. The summed E-state index contributed by atoms with van der Waals surface area (Å²) in [5.41, 5.74) is 5.91. The van der Waals surface area contributed by atoms with Crippen molar-refractivity contribution in [3.05, 3.63) is 0 Å². The minimum Gasteiger partial charge on any atom is -0.374 e. The van der Waals surface area contributed by atoms with Gasteiger partial charge in [-0.05, 0) is 26.8 Å². The first-order valence-electron chi connectivity index (χ1n) is 6.48. The zero-order valence-electron chi connectivity index (χ0n) is 10.6. The third kappa shape index (κ3) is 3.17. The fourth-order valence-electron chi connectivity index (χ4n) is 2.64. The van der Waals surface area contributed by atoms with E-state index in [0.29, 0.717) is 18.2 Å². The average molecular weight is 227 g/mol. The molecule has 94 valence electrons. The molecule has 2 fully saturated rings. The maximum absolute atomic E-state index is 5.91. The molecule has 0 aromatic carbocycles. The Hall–Kier alpha value is -0.160. The van der Waals surface area contributed by atoms with Crippen LogP contribution in [0.1, 0.15) is 20.3 Å². The van der Waals surface area contributed by atoms with Crippen LogP contribution in [0, 0.1) is 0 Å². The molecule has 2 aliphatic rings. The maximum Gasteiger partial charge on any atom is 0.0829 e. The second-order valence-electron chi connectivity index (χ2n) is 5.39. The predicted molar refractivity (Wildman–Crippen MR) is 65.5 cm³/mol. The molecule has 2 saturated heterocycles. The highest BCUT2D eigenvalue weighted by molar-refractivity contribution is 4.82. The van der Waals surface area contributed by atoms with Crippen molar-refractivity contribution in [3.8, 4) is 0 Å². The molecule has 0 radical (unpaired) electrons. The summed E-state index contributed by atoms with van der Waals surface area (Å²) in [5.74, 6) is 0. The van der Waals surface area contributed by atoms with E-state index < -0.39 is 0 Å². The summed E-state index contributed by atoms with van der Waals surface area (Å²) >= 11 is 0. The molecule has 2 N–H and O–H groups in total. The van der Waals surface area contributed by atoms with Gasteiger partial charge in [-0.2, -0.15) is 0 Å². The molecule has 0 aliphatic carbocycles. The zero-order valence-corrected chi connectivity index (χ0v) is 10.6. The minimum atomic E-state index is 0.376. The number of likely N-dealkylation sites (tertiary alicyclic amines) is 1. The summed E-state index contributed by atoms with van der Waals surface area (Å²) < 4.78 is 5.83. The predicted octanol–water partition coefficient (Wildman–Crippen LogP) is 0.129. The Balaban J connectivity index is 1.77. The van der Waals surface area contributed by atoms with Crippen molar-refractivity contribution < 1.29 is 4.74 Å². The summed E-state index contributed by atoms with van der Waals surface area (Å²) in [6.45, 7) is 10.8. The molecule has 0 amide bonds. The molecule has 4 heteroatoms. The lowest BCUT2D eigenvalue weighted by atomic mass is 10.2. The molecule has 16 heavy (non-hydrogen) atoms. The van der Waals surface area contributed by atoms with Crippen molar-refractivity contribution in [1.29, 1.82) is 0 Å². The van der Waals surface area contributed by atoms with Gasteiger partial charge in [0.1, 0.15) is 0 Å². The standard InChI is InChI=1S/C12H25N3O/c1-10(2)15-5-6-16-12(9-15)8-14-4-3-11(13)7-14/h10-12H,3-9,13H2,1-2H3. The Morgan fingerprint density at radius 1 is 1.31 bits per heavy atom. The van der Waals surface area contributed by atoms with Crippen LogP contribution in [0.4, 0.5) is 0 Å². The van der Waals surface area contributed by atoms with Gasteiger partial charge >= 0.3 is 0 Å². The summed E-state index contributed by atoms with van der Waals surface area (Å²) in [5, 5.41) is 0. The molecular formula is C12H25N3O. The SMILES string of the molecule is CC(C)N1CCOC(CN2CCC(N)C2)C1. The number of hydrogen-bond acceptors (Lipinski definition) is 4. The molecule has 0 aromatic heterocycles. The van der Waals surface area contributed by atoms with Gasteiger partial charge in [0.15, 0.2) is 0 Å². The van der Waals surface area contributed by atoms with Crippen LogP contribution < -0.4 is 5.73 Å². The second-order valence-corrected chi connectivity index (χ2v) is 5.39. The van der Waals surface area contributed by atoms with Gasteiger partial charge in [0.05, 0.1) is 12.7 Å². The first-order valence-corrected chi connectivity index (χ1v) is 6.48. The highest BCUT2D eigenvalue weighted by atomic mass is 16.5. The summed E-state index contributed by atoms with van der Waals surface area (Å²) in [6, 6.07) is 1.01. The van der Waals surface area contributed by atoms with Crippen LogP contribution in [0.25, 0.3) is 0 Å². The van der Waals surface area contributed by atoms with Gasteiger partial charge < -0.3 is 10.5 Å². The highest BCUT2D eigenvalue weighted by Crippen LogP contribution is 2.13. The van der Waals surface area contributed by atoms with Crippen LogP contribution in [0.5, 0.6) is 0 Å². The van der Waals surface area contributed by atoms with Gasteiger partial charge in [-0.15, -0.1) is 0 Å². The number of rotatable bonds is 3. The number of ether oxygens (including phenoxy) is 1. The first kappa shape index (κ1) is 12.3. The highest BCUT2D eigenvalue weighted by Gasteiger charge is 2.26. The van der Waals surface area contributed by atoms with Crippen molar-refractivity contribution in [3.63, 3.8) is 0 Å². The van der Waals surface area contributed by atoms with Crippen molar-refractivity contribution in [2.45, 2.75) is 38.5 Å². The summed E-state index contributed by atoms with van der Waals surface area (Å²) in [7, 11) is 0. The third-order valence-corrected chi connectivity index (χ3v) is 3.67. The quantitative estimate of drug-likeness (QED) is 0.744. The largest absolute Gasteiger partial charge is 0.374 e. The second kappa shape index (κ2) is 5.45. The molecule has 2 unspecified atom stereocenters. The Morgan fingerprint density at radius 3 is 2.75 bits per heavy atom. The Morgan fingerprint density at radius 2 is 2.12 bits per heavy atom. The Kier molecular flexibility index (Phi) is 4.19. The number of hydrogen-bond donors (Lipinski definition) is 1. The Bertz CT molecular complexity index is 222. The number of nitrogens with zero attached hydrogens (tertiary/aromatic N) is 2. The van der Waals surface area contributed by atoms with Crippen LogP contribution >= 0.6 is 0 Å². The van der Waals surface area contributed by atoms with Crippen LogP contribution in [-0.2, 0) is 4.74 Å². The normalized spacial score (nSPS) is 33.8. The number of morpholine rings is 1. The fourth-order valence-corrected chi connectivity index (χ4v) is 2.64. The van der Waals surface area contributed by atoms with Crippen LogP contribution in [0.2, 0.25) is 0 Å². The van der Waals surface area contributed by atoms with E-state index in [0.717, 1.165) is 45.8 Å². The first-order chi connectivity index (χ1) is 7.65. The van der Waals surface area contributed by atoms with Gasteiger partial charge in [-0.1, -0.05) is 0 Å². The van der Waals surface area contributed by atoms with Crippen LogP contribution in [-0.4, -0.2) is 67.3 Å². The van der Waals surface area contributed by atoms with E-state index in [-0.39, 0.29) is 0 Å². The van der Waals surface area contributed by atoms with E-state index in [1.807, 2.05) is 0 Å². The average Bonchev–Trinajstić information content (AvgIpc) is 2.64. The van der Waals surface area contributed by atoms with Gasteiger partial charge in [0.25, 0.3) is 0 Å². The molecule has 2 rings (SSSR count). The van der Waals surface area contributed by atoms with Gasteiger partial charge in [0, 0.05) is 38.3 Å². The van der Waals surface area contributed by atoms with E-state index in [1.54, 1.807) is 0 Å². The van der Waals surface area contributed by atoms with Crippen molar-refractivity contribution in [1.82, 2.24) is 9.80 Å². The summed E-state index contributed by atoms with van der Waals surface area (Å²) in [6.07, 6.45) is 1.52. The molecule has 0 bridgehead atoms. The van der Waals surface area contributed by atoms with Crippen molar-refractivity contribution >= 4 is 0 Å². The molecule has 2 atom stereocenters. The lowest BCUT2D eigenvalue weighted by molar-refractivity contribution is -0.0498. The van der Waals surface area contributed by atoms with Crippen LogP contribution in [0.15, 0.2) is 0 Å². The van der Waals surface area contributed by atoms with Crippen molar-refractivity contribution in [2.24, 2.45) is 5.73 Å². The molecule has 2 heterocycles. The topological polar surface area (TPSA) is 41.7 Å². The Labute approximate surface area is 98.7 Å². The summed E-state index contributed by atoms with van der Waals surface area (Å²) in [4.78, 5) is 4.95. The van der Waals surface area contributed by atoms with Crippen molar-refractivity contribution in [2.75, 3.05) is 39.3 Å². The smallest absolute Gasteiger partial charge is 0.0829 e. The lowest BCUT2D eigenvalue weighted by Crippen LogP contribution is -2.49. The molecule has 4 nitrogen and oxygen atoms in total. The minimum absolute atomic E-state index is 0.376. The maximum atomic E-state index is 5.91. The van der Waals surface area contributed by atoms with E-state index in [2.05, 4.69) is 23.6 Å². The zero-order chi connectivity index (χ0) is 11.5.